The van der Waals surface area contributed by atoms with Gasteiger partial charge >= 0.3 is 0 Å². The summed E-state index contributed by atoms with van der Waals surface area (Å²) in [4.78, 5) is 1.43. The normalized spacial score (nSPS) is 29.5. The first-order valence-electron chi connectivity index (χ1n) is 6.67. The fourth-order valence-electron chi connectivity index (χ4n) is 3.07. The minimum absolute atomic E-state index is 0.721. The molecule has 1 aliphatic rings. The molecule has 0 aliphatic heterocycles. The Balaban J connectivity index is 2.00. The van der Waals surface area contributed by atoms with Gasteiger partial charge in [0.1, 0.15) is 0 Å². The van der Waals surface area contributed by atoms with Gasteiger partial charge < -0.3 is 5.73 Å². The molecule has 96 valence electrons. The van der Waals surface area contributed by atoms with E-state index < -0.39 is 0 Å². The van der Waals surface area contributed by atoms with E-state index in [1.807, 2.05) is 6.07 Å². The first-order chi connectivity index (χ1) is 8.22. The van der Waals surface area contributed by atoms with E-state index in [1.165, 1.54) is 37.0 Å². The Morgan fingerprint density at radius 1 is 1.35 bits per heavy atom. The molecular weight excluding hydrogens is 250 g/mol. The highest BCUT2D eigenvalue weighted by Gasteiger charge is 2.29. The first-order valence-corrected chi connectivity index (χ1v) is 7.86. The van der Waals surface area contributed by atoms with Crippen molar-refractivity contribution >= 4 is 22.9 Å². The summed E-state index contributed by atoms with van der Waals surface area (Å²) < 4.78 is 0.909. The first kappa shape index (κ1) is 13.4. The molecule has 0 amide bonds. The second-order valence-electron chi connectivity index (χ2n) is 5.25. The number of halogens is 1. The van der Waals surface area contributed by atoms with Gasteiger partial charge in [-0.2, -0.15) is 0 Å². The molecule has 17 heavy (non-hydrogen) atoms. The van der Waals surface area contributed by atoms with E-state index in [2.05, 4.69) is 13.0 Å². The fourth-order valence-corrected chi connectivity index (χ4v) is 4.26. The summed E-state index contributed by atoms with van der Waals surface area (Å²) >= 11 is 7.73. The molecule has 0 aromatic carbocycles. The zero-order chi connectivity index (χ0) is 12.3. The number of hydrogen-bond donors (Lipinski definition) is 1. The molecule has 0 bridgehead atoms. The van der Waals surface area contributed by atoms with Crippen molar-refractivity contribution in [1.29, 1.82) is 0 Å². The van der Waals surface area contributed by atoms with Crippen LogP contribution in [0.5, 0.6) is 0 Å². The van der Waals surface area contributed by atoms with Gasteiger partial charge in [0.15, 0.2) is 0 Å². The zero-order valence-corrected chi connectivity index (χ0v) is 12.1. The molecule has 1 aromatic rings. The van der Waals surface area contributed by atoms with Gasteiger partial charge in [-0.1, -0.05) is 31.4 Å². The van der Waals surface area contributed by atoms with Gasteiger partial charge in [0, 0.05) is 4.88 Å². The van der Waals surface area contributed by atoms with Crippen LogP contribution in [0.15, 0.2) is 12.1 Å². The lowest BCUT2D eigenvalue weighted by Gasteiger charge is -2.35. The van der Waals surface area contributed by atoms with Crippen LogP contribution < -0.4 is 5.73 Å². The van der Waals surface area contributed by atoms with E-state index in [0.717, 1.165) is 28.6 Å². The van der Waals surface area contributed by atoms with E-state index in [4.69, 9.17) is 17.3 Å². The van der Waals surface area contributed by atoms with Crippen molar-refractivity contribution in [2.75, 3.05) is 6.54 Å². The van der Waals surface area contributed by atoms with Crippen LogP contribution in [0.3, 0.4) is 0 Å². The Labute approximate surface area is 113 Å². The molecule has 0 radical (unpaired) electrons. The third-order valence-electron chi connectivity index (χ3n) is 4.22. The number of nitrogens with two attached hydrogens (primary N) is 1. The van der Waals surface area contributed by atoms with E-state index in [1.54, 1.807) is 11.3 Å². The van der Waals surface area contributed by atoms with E-state index >= 15 is 0 Å². The Morgan fingerprint density at radius 2 is 2.18 bits per heavy atom. The van der Waals surface area contributed by atoms with Crippen LogP contribution in [0.4, 0.5) is 0 Å². The Morgan fingerprint density at radius 3 is 2.76 bits per heavy atom. The van der Waals surface area contributed by atoms with Gasteiger partial charge in [0.05, 0.1) is 4.34 Å². The van der Waals surface area contributed by atoms with Crippen LogP contribution in [0.25, 0.3) is 0 Å². The molecule has 3 unspecified atom stereocenters. The van der Waals surface area contributed by atoms with Crippen molar-refractivity contribution < 1.29 is 0 Å². The molecule has 1 aliphatic carbocycles. The Kier molecular flexibility index (Phi) is 4.89. The molecule has 1 fully saturated rings. The van der Waals surface area contributed by atoms with Crippen molar-refractivity contribution in [2.45, 2.75) is 39.0 Å². The summed E-state index contributed by atoms with van der Waals surface area (Å²) in [5, 5.41) is 0. The maximum Gasteiger partial charge on any atom is 0.0931 e. The van der Waals surface area contributed by atoms with Crippen molar-refractivity contribution in [3.63, 3.8) is 0 Å². The third-order valence-corrected chi connectivity index (χ3v) is 5.47. The molecule has 0 saturated heterocycles. The number of thiophene rings is 1. The van der Waals surface area contributed by atoms with Crippen molar-refractivity contribution in [3.05, 3.63) is 21.3 Å². The molecule has 1 aromatic heterocycles. The van der Waals surface area contributed by atoms with Crippen LogP contribution in [-0.2, 0) is 6.42 Å². The third kappa shape index (κ3) is 3.46. The molecule has 2 rings (SSSR count). The van der Waals surface area contributed by atoms with Crippen molar-refractivity contribution in [2.24, 2.45) is 23.5 Å². The topological polar surface area (TPSA) is 26.0 Å². The fraction of sp³-hybridized carbons (Fsp3) is 0.714. The van der Waals surface area contributed by atoms with Gasteiger partial charge in [0.25, 0.3) is 0 Å². The van der Waals surface area contributed by atoms with Crippen LogP contribution in [-0.4, -0.2) is 6.54 Å². The van der Waals surface area contributed by atoms with Crippen molar-refractivity contribution in [1.82, 2.24) is 0 Å². The second-order valence-corrected chi connectivity index (χ2v) is 7.05. The molecule has 1 saturated carbocycles. The summed E-state index contributed by atoms with van der Waals surface area (Å²) in [5.41, 5.74) is 5.92. The van der Waals surface area contributed by atoms with E-state index in [-0.39, 0.29) is 0 Å². The Bertz CT molecular complexity index is 350. The minimum atomic E-state index is 0.721. The summed E-state index contributed by atoms with van der Waals surface area (Å²) in [6.07, 6.45) is 6.54. The van der Waals surface area contributed by atoms with E-state index in [0.29, 0.717) is 0 Å². The SMILES string of the molecule is CCC1CCC(CN)C(Cc2ccc(Cl)s2)C1. The molecule has 2 N–H and O–H groups in total. The molecular formula is C14H22ClNS. The zero-order valence-electron chi connectivity index (χ0n) is 10.5. The lowest BCUT2D eigenvalue weighted by atomic mass is 9.72. The second kappa shape index (κ2) is 6.21. The van der Waals surface area contributed by atoms with Gasteiger partial charge in [-0.3, -0.25) is 0 Å². The number of hydrogen-bond acceptors (Lipinski definition) is 2. The van der Waals surface area contributed by atoms with E-state index in [9.17, 15) is 0 Å². The average molecular weight is 272 g/mol. The lowest BCUT2D eigenvalue weighted by molar-refractivity contribution is 0.180. The van der Waals surface area contributed by atoms with Crippen molar-refractivity contribution in [3.8, 4) is 0 Å². The molecule has 1 nitrogen and oxygen atoms in total. The molecule has 0 spiro atoms. The maximum atomic E-state index is 6.00. The molecule has 3 atom stereocenters. The smallest absolute Gasteiger partial charge is 0.0931 e. The van der Waals surface area contributed by atoms with Gasteiger partial charge in [-0.25, -0.2) is 0 Å². The van der Waals surface area contributed by atoms with Gasteiger partial charge in [-0.05, 0) is 55.7 Å². The summed E-state index contributed by atoms with van der Waals surface area (Å²) in [6, 6.07) is 4.19. The highest BCUT2D eigenvalue weighted by molar-refractivity contribution is 7.16. The van der Waals surface area contributed by atoms with Crippen LogP contribution >= 0.6 is 22.9 Å². The average Bonchev–Trinajstić information content (AvgIpc) is 2.74. The maximum absolute atomic E-state index is 6.00. The summed E-state index contributed by atoms with van der Waals surface area (Å²) in [6.45, 7) is 3.16. The van der Waals surface area contributed by atoms with Gasteiger partial charge in [-0.15, -0.1) is 11.3 Å². The molecule has 1 heterocycles. The quantitative estimate of drug-likeness (QED) is 0.866. The highest BCUT2D eigenvalue weighted by Crippen LogP contribution is 2.38. The predicted molar refractivity (Wildman–Crippen MR) is 76.7 cm³/mol. The highest BCUT2D eigenvalue weighted by atomic mass is 35.5. The predicted octanol–water partition coefficient (Wildman–Crippen LogP) is 4.35. The largest absolute Gasteiger partial charge is 0.330 e. The van der Waals surface area contributed by atoms with Gasteiger partial charge in [0.2, 0.25) is 0 Å². The minimum Gasteiger partial charge on any atom is -0.330 e. The number of rotatable bonds is 4. The standard InChI is InChI=1S/C14H22ClNS/c1-2-10-3-4-11(9-16)12(7-10)8-13-5-6-14(15)17-13/h5-6,10-12H,2-4,7-9,16H2,1H3. The summed E-state index contributed by atoms with van der Waals surface area (Å²) in [5.74, 6) is 2.41. The van der Waals surface area contributed by atoms with Crippen LogP contribution in [0.2, 0.25) is 4.34 Å². The monoisotopic (exact) mass is 271 g/mol. The van der Waals surface area contributed by atoms with Crippen LogP contribution in [0, 0.1) is 17.8 Å². The summed E-state index contributed by atoms with van der Waals surface area (Å²) in [7, 11) is 0. The van der Waals surface area contributed by atoms with Crippen LogP contribution in [0.1, 0.15) is 37.5 Å². The Hall–Kier alpha value is -0.0500. The lowest BCUT2D eigenvalue weighted by Crippen LogP contribution is -2.31. The molecule has 3 heteroatoms.